The van der Waals surface area contributed by atoms with E-state index in [0.717, 1.165) is 11.1 Å². The first-order valence-electron chi connectivity index (χ1n) is 10.9. The molecule has 34 heavy (non-hydrogen) atoms. The smallest absolute Gasteiger partial charge is 0.269 e. The molecule has 1 fully saturated rings. The zero-order valence-electron chi connectivity index (χ0n) is 18.5. The fourth-order valence-electron chi connectivity index (χ4n) is 4.43. The minimum Gasteiger partial charge on any atom is -0.350 e. The molecule has 1 atom stereocenters. The summed E-state index contributed by atoms with van der Waals surface area (Å²) >= 11 is 1.19. The third-order valence-electron chi connectivity index (χ3n) is 6.04. The topological polar surface area (TPSA) is 69.7 Å². The summed E-state index contributed by atoms with van der Waals surface area (Å²) in [5.41, 5.74) is 3.58. The Balaban J connectivity index is 1.45. The second-order valence-electron chi connectivity index (χ2n) is 8.31. The van der Waals surface area contributed by atoms with Gasteiger partial charge in [0.1, 0.15) is 12.4 Å². The number of benzene rings is 3. The number of thioether (sulfide) groups is 1. The van der Waals surface area contributed by atoms with Crippen LogP contribution in [0.3, 0.4) is 0 Å². The molecular formula is C26H22FN3O3S. The maximum absolute atomic E-state index is 14.0. The predicted molar refractivity (Wildman–Crippen MR) is 130 cm³/mol. The Labute approximate surface area is 200 Å². The van der Waals surface area contributed by atoms with E-state index in [2.05, 4.69) is 5.32 Å². The zero-order chi connectivity index (χ0) is 23.9. The average molecular weight is 476 g/mol. The highest BCUT2D eigenvalue weighted by atomic mass is 32.2. The SMILES string of the molecule is Cc1ccc(CNC(=O)CN2C(=O)[C@]3(SCC(=O)N3c3cccc(F)c3)c3ccccc32)cc1. The van der Waals surface area contributed by atoms with Gasteiger partial charge in [-0.05, 0) is 36.8 Å². The van der Waals surface area contributed by atoms with Crippen molar-refractivity contribution in [3.05, 3.63) is 95.3 Å². The van der Waals surface area contributed by atoms with E-state index in [9.17, 15) is 18.8 Å². The lowest BCUT2D eigenvalue weighted by Crippen LogP contribution is -2.51. The van der Waals surface area contributed by atoms with E-state index in [1.54, 1.807) is 30.3 Å². The summed E-state index contributed by atoms with van der Waals surface area (Å²) in [7, 11) is 0. The Hall–Kier alpha value is -3.65. The normalized spacial score (nSPS) is 19.1. The number of carbonyl (C=O) groups excluding carboxylic acids is 3. The van der Waals surface area contributed by atoms with Gasteiger partial charge in [-0.25, -0.2) is 4.39 Å². The van der Waals surface area contributed by atoms with Gasteiger partial charge in [0.15, 0.2) is 0 Å². The number of para-hydroxylation sites is 1. The molecule has 0 saturated carbocycles. The molecule has 0 unspecified atom stereocenters. The van der Waals surface area contributed by atoms with E-state index in [0.29, 0.717) is 23.5 Å². The molecule has 2 aliphatic heterocycles. The van der Waals surface area contributed by atoms with Gasteiger partial charge in [0.25, 0.3) is 5.91 Å². The minimum atomic E-state index is -1.38. The molecule has 6 nitrogen and oxygen atoms in total. The lowest BCUT2D eigenvalue weighted by molar-refractivity contribution is -0.125. The van der Waals surface area contributed by atoms with Gasteiger partial charge in [-0.2, -0.15) is 0 Å². The fourth-order valence-corrected chi connectivity index (χ4v) is 5.79. The van der Waals surface area contributed by atoms with Crippen LogP contribution in [0.1, 0.15) is 16.7 Å². The largest absolute Gasteiger partial charge is 0.350 e. The van der Waals surface area contributed by atoms with E-state index >= 15 is 0 Å². The van der Waals surface area contributed by atoms with Crippen molar-refractivity contribution >= 4 is 40.9 Å². The van der Waals surface area contributed by atoms with Crippen molar-refractivity contribution in [2.45, 2.75) is 18.3 Å². The van der Waals surface area contributed by atoms with Gasteiger partial charge >= 0.3 is 0 Å². The Morgan fingerprint density at radius 2 is 1.82 bits per heavy atom. The third-order valence-corrected chi connectivity index (χ3v) is 7.43. The summed E-state index contributed by atoms with van der Waals surface area (Å²) in [6.45, 7) is 2.15. The summed E-state index contributed by atoms with van der Waals surface area (Å²) in [5, 5.41) is 2.87. The molecule has 5 rings (SSSR count). The number of hydrogen-bond donors (Lipinski definition) is 1. The van der Waals surface area contributed by atoms with Crippen molar-refractivity contribution in [1.82, 2.24) is 5.32 Å². The van der Waals surface area contributed by atoms with Crippen molar-refractivity contribution in [3.63, 3.8) is 0 Å². The van der Waals surface area contributed by atoms with E-state index in [1.807, 2.05) is 31.2 Å². The fraction of sp³-hybridized carbons (Fsp3) is 0.192. The number of fused-ring (bicyclic) bond motifs is 2. The summed E-state index contributed by atoms with van der Waals surface area (Å²) in [4.78, 5) is 41.1. The van der Waals surface area contributed by atoms with Gasteiger partial charge in [0.2, 0.25) is 16.7 Å². The number of nitrogens with one attached hydrogen (secondary N) is 1. The van der Waals surface area contributed by atoms with Crippen LogP contribution in [0.5, 0.6) is 0 Å². The molecule has 3 aromatic carbocycles. The molecule has 0 radical (unpaired) electrons. The Bertz CT molecular complexity index is 1300. The number of aryl methyl sites for hydroxylation is 1. The minimum absolute atomic E-state index is 0.0735. The molecule has 1 N–H and O–H groups in total. The van der Waals surface area contributed by atoms with Crippen LogP contribution in [0.2, 0.25) is 0 Å². The maximum atomic E-state index is 14.0. The van der Waals surface area contributed by atoms with Crippen LogP contribution < -0.4 is 15.1 Å². The van der Waals surface area contributed by atoms with Crippen LogP contribution in [0.15, 0.2) is 72.8 Å². The van der Waals surface area contributed by atoms with Crippen molar-refractivity contribution < 1.29 is 18.8 Å². The van der Waals surface area contributed by atoms with Crippen LogP contribution in [-0.4, -0.2) is 30.0 Å². The highest BCUT2D eigenvalue weighted by Crippen LogP contribution is 2.55. The Morgan fingerprint density at radius 3 is 2.59 bits per heavy atom. The van der Waals surface area contributed by atoms with Gasteiger partial charge in [0.05, 0.1) is 11.4 Å². The lowest BCUT2D eigenvalue weighted by atomic mass is 10.0. The first-order chi connectivity index (χ1) is 16.4. The van der Waals surface area contributed by atoms with E-state index in [-0.39, 0.29) is 30.0 Å². The highest BCUT2D eigenvalue weighted by molar-refractivity contribution is 8.02. The highest BCUT2D eigenvalue weighted by Gasteiger charge is 2.61. The van der Waals surface area contributed by atoms with Gasteiger partial charge in [0, 0.05) is 17.8 Å². The lowest BCUT2D eigenvalue weighted by Gasteiger charge is -2.33. The monoisotopic (exact) mass is 475 g/mol. The Kier molecular flexibility index (Phi) is 5.61. The quantitative estimate of drug-likeness (QED) is 0.611. The van der Waals surface area contributed by atoms with Gasteiger partial charge in [-0.3, -0.25) is 24.2 Å². The molecule has 0 aromatic heterocycles. The molecule has 3 aromatic rings. The van der Waals surface area contributed by atoms with Crippen molar-refractivity contribution in [2.24, 2.45) is 0 Å². The molecule has 172 valence electrons. The van der Waals surface area contributed by atoms with Crippen LogP contribution in [0.25, 0.3) is 0 Å². The number of carbonyl (C=O) groups is 3. The second kappa shape index (κ2) is 8.61. The number of rotatable bonds is 5. The molecule has 1 saturated heterocycles. The van der Waals surface area contributed by atoms with E-state index in [1.165, 1.54) is 39.8 Å². The zero-order valence-corrected chi connectivity index (χ0v) is 19.3. The number of nitrogens with zero attached hydrogens (tertiary/aromatic N) is 2. The van der Waals surface area contributed by atoms with Crippen LogP contribution >= 0.6 is 11.8 Å². The molecule has 2 aliphatic rings. The summed E-state index contributed by atoms with van der Waals surface area (Å²) in [6.07, 6.45) is 0. The molecule has 3 amide bonds. The van der Waals surface area contributed by atoms with Crippen LogP contribution in [0.4, 0.5) is 15.8 Å². The molecule has 8 heteroatoms. The number of halogens is 1. The summed E-state index contributed by atoms with van der Waals surface area (Å²) in [6, 6.07) is 20.6. The summed E-state index contributed by atoms with van der Waals surface area (Å²) in [5.74, 6) is -1.41. The standard InChI is InChI=1S/C26H22FN3O3S/c1-17-9-11-18(12-10-17)14-28-23(31)15-29-22-8-3-2-7-21(22)26(25(29)33)30(24(32)16-34-26)20-6-4-5-19(27)13-20/h2-13H,14-16H2,1H3,(H,28,31)/t26-/m1/s1. The van der Waals surface area contributed by atoms with E-state index < -0.39 is 10.7 Å². The van der Waals surface area contributed by atoms with Crippen molar-refractivity contribution in [1.29, 1.82) is 0 Å². The first kappa shape index (κ1) is 22.2. The predicted octanol–water partition coefficient (Wildman–Crippen LogP) is 3.73. The average Bonchev–Trinajstić information content (AvgIpc) is 3.29. The van der Waals surface area contributed by atoms with Crippen molar-refractivity contribution in [2.75, 3.05) is 22.1 Å². The number of anilines is 2. The van der Waals surface area contributed by atoms with Gasteiger partial charge in [-0.15, -0.1) is 11.8 Å². The first-order valence-corrected chi connectivity index (χ1v) is 11.8. The molecule has 1 spiro atoms. The van der Waals surface area contributed by atoms with Crippen molar-refractivity contribution in [3.8, 4) is 0 Å². The molecular weight excluding hydrogens is 453 g/mol. The van der Waals surface area contributed by atoms with Gasteiger partial charge < -0.3 is 5.32 Å². The van der Waals surface area contributed by atoms with Crippen LogP contribution in [-0.2, 0) is 25.8 Å². The van der Waals surface area contributed by atoms with Crippen LogP contribution in [0, 0.1) is 12.7 Å². The second-order valence-corrected chi connectivity index (χ2v) is 9.48. The van der Waals surface area contributed by atoms with Gasteiger partial charge in [-0.1, -0.05) is 54.1 Å². The third kappa shape index (κ3) is 3.64. The maximum Gasteiger partial charge on any atom is 0.269 e. The summed E-state index contributed by atoms with van der Waals surface area (Å²) < 4.78 is 14.0. The van der Waals surface area contributed by atoms with E-state index in [4.69, 9.17) is 0 Å². The molecule has 0 bridgehead atoms. The molecule has 2 heterocycles. The number of hydrogen-bond acceptors (Lipinski definition) is 4. The Morgan fingerprint density at radius 1 is 1.06 bits per heavy atom. The number of amides is 3. The molecule has 0 aliphatic carbocycles.